The van der Waals surface area contributed by atoms with Gasteiger partial charge in [0.05, 0.1) is 4.92 Å². The van der Waals surface area contributed by atoms with Crippen LogP contribution >= 0.6 is 0 Å². The van der Waals surface area contributed by atoms with Crippen LogP contribution in [-0.2, 0) is 4.79 Å². The molecule has 130 valence electrons. The number of carbonyl (C=O) groups is 2. The van der Waals surface area contributed by atoms with E-state index in [0.717, 1.165) is 19.3 Å². The molecule has 1 saturated carbocycles. The van der Waals surface area contributed by atoms with E-state index in [0.29, 0.717) is 12.0 Å². The molecule has 0 radical (unpaired) electrons. The molecule has 0 unspecified atom stereocenters. The Labute approximate surface area is 140 Å². The van der Waals surface area contributed by atoms with Crippen LogP contribution in [0.25, 0.3) is 0 Å². The maximum absolute atomic E-state index is 12.4. The number of nitro groups is 1. The molecule has 3 N–H and O–H groups in total. The fraction of sp³-hybridized carbons (Fsp3) is 0.529. The van der Waals surface area contributed by atoms with Gasteiger partial charge in [-0.15, -0.1) is 0 Å². The summed E-state index contributed by atoms with van der Waals surface area (Å²) in [6.45, 7) is 3.74. The fourth-order valence-electron chi connectivity index (χ4n) is 3.18. The van der Waals surface area contributed by atoms with E-state index in [4.69, 9.17) is 5.73 Å². The summed E-state index contributed by atoms with van der Waals surface area (Å²) in [5.41, 5.74) is 6.15. The summed E-state index contributed by atoms with van der Waals surface area (Å²) in [6, 6.07) is 4.42. The number of nitro benzene ring substituents is 1. The highest BCUT2D eigenvalue weighted by molar-refractivity contribution is 5.95. The van der Waals surface area contributed by atoms with Crippen molar-refractivity contribution in [2.24, 2.45) is 11.7 Å². The Bertz CT molecular complexity index is 657. The molecule has 1 aromatic carbocycles. The van der Waals surface area contributed by atoms with Gasteiger partial charge in [0.1, 0.15) is 0 Å². The number of amides is 2. The largest absolute Gasteiger partial charge is 0.369 e. The molecule has 0 aromatic heterocycles. The van der Waals surface area contributed by atoms with Gasteiger partial charge < -0.3 is 11.1 Å². The van der Waals surface area contributed by atoms with Crippen LogP contribution in [0.1, 0.15) is 61.4 Å². The van der Waals surface area contributed by atoms with Crippen molar-refractivity contribution in [3.63, 3.8) is 0 Å². The molecule has 1 aromatic rings. The van der Waals surface area contributed by atoms with E-state index in [2.05, 4.69) is 5.32 Å². The molecule has 0 aliphatic heterocycles. The molecule has 1 aliphatic carbocycles. The summed E-state index contributed by atoms with van der Waals surface area (Å²) in [4.78, 5) is 34.5. The lowest BCUT2D eigenvalue weighted by molar-refractivity contribution is -0.385. The molecule has 0 heterocycles. The zero-order valence-electron chi connectivity index (χ0n) is 14.0. The van der Waals surface area contributed by atoms with E-state index in [1.54, 1.807) is 12.1 Å². The minimum atomic E-state index is -0.462. The van der Waals surface area contributed by atoms with Gasteiger partial charge in [-0.3, -0.25) is 19.7 Å². The Morgan fingerprint density at radius 2 is 2.04 bits per heavy atom. The van der Waals surface area contributed by atoms with E-state index in [-0.39, 0.29) is 40.9 Å². The van der Waals surface area contributed by atoms with E-state index >= 15 is 0 Å². The zero-order valence-corrected chi connectivity index (χ0v) is 14.0. The molecular formula is C17H23N3O4. The van der Waals surface area contributed by atoms with Crippen molar-refractivity contribution in [3.05, 3.63) is 39.4 Å². The zero-order chi connectivity index (χ0) is 17.9. The number of carbonyl (C=O) groups excluding carboxylic acids is 2. The molecule has 2 amide bonds. The summed E-state index contributed by atoms with van der Waals surface area (Å²) in [5, 5.41) is 14.1. The minimum Gasteiger partial charge on any atom is -0.369 e. The molecule has 0 saturated heterocycles. The molecule has 0 bridgehead atoms. The van der Waals surface area contributed by atoms with E-state index < -0.39 is 4.92 Å². The van der Waals surface area contributed by atoms with Crippen LogP contribution in [-0.4, -0.2) is 22.8 Å². The van der Waals surface area contributed by atoms with Crippen LogP contribution in [0.2, 0.25) is 0 Å². The number of benzene rings is 1. The second kappa shape index (κ2) is 7.42. The normalized spacial score (nSPS) is 20.6. The van der Waals surface area contributed by atoms with Crippen LogP contribution in [0.4, 0.5) is 5.69 Å². The number of primary amides is 1. The molecule has 7 heteroatoms. The van der Waals surface area contributed by atoms with E-state index in [9.17, 15) is 19.7 Å². The van der Waals surface area contributed by atoms with Gasteiger partial charge in [-0.1, -0.05) is 26.3 Å². The average molecular weight is 333 g/mol. The first-order chi connectivity index (χ1) is 11.3. The summed E-state index contributed by atoms with van der Waals surface area (Å²) >= 11 is 0. The number of rotatable bonds is 5. The fourth-order valence-corrected chi connectivity index (χ4v) is 3.18. The Hall–Kier alpha value is -2.44. The maximum Gasteiger partial charge on any atom is 0.273 e. The van der Waals surface area contributed by atoms with E-state index in [1.165, 1.54) is 6.07 Å². The van der Waals surface area contributed by atoms with Gasteiger partial charge in [0, 0.05) is 29.2 Å². The summed E-state index contributed by atoms with van der Waals surface area (Å²) in [5.74, 6) is -0.923. The standard InChI is InChI=1S/C17H23N3O4/c1-10(2)14-7-6-12(9-15(14)20(23)24)17(22)19-13-5-3-4-11(8-13)16(18)21/h6-7,9-11,13H,3-5,8H2,1-2H3,(H2,18,21)(H,19,22)/t11-,13+/m1/s1. The third kappa shape index (κ3) is 4.10. The topological polar surface area (TPSA) is 115 Å². The Morgan fingerprint density at radius 1 is 1.33 bits per heavy atom. The van der Waals surface area contributed by atoms with Gasteiger partial charge in [0.25, 0.3) is 11.6 Å². The van der Waals surface area contributed by atoms with Gasteiger partial charge in [-0.2, -0.15) is 0 Å². The Kier molecular flexibility index (Phi) is 5.54. The summed E-state index contributed by atoms with van der Waals surface area (Å²) in [6.07, 6.45) is 2.87. The number of hydrogen-bond donors (Lipinski definition) is 2. The smallest absolute Gasteiger partial charge is 0.273 e. The number of nitrogens with zero attached hydrogens (tertiary/aromatic N) is 1. The Morgan fingerprint density at radius 3 is 2.62 bits per heavy atom. The molecule has 24 heavy (non-hydrogen) atoms. The SMILES string of the molecule is CC(C)c1ccc(C(=O)N[C@H]2CCC[C@@H](C(N)=O)C2)cc1[N+](=O)[O-]. The molecule has 1 aliphatic rings. The van der Waals surface area contributed by atoms with E-state index in [1.807, 2.05) is 13.8 Å². The average Bonchev–Trinajstić information content (AvgIpc) is 2.54. The number of nitrogens with two attached hydrogens (primary N) is 1. The van der Waals surface area contributed by atoms with Crippen molar-refractivity contribution >= 4 is 17.5 Å². The van der Waals surface area contributed by atoms with Gasteiger partial charge in [-0.25, -0.2) is 0 Å². The molecule has 2 rings (SSSR count). The van der Waals surface area contributed by atoms with Crippen molar-refractivity contribution in [2.45, 2.75) is 51.5 Å². The first-order valence-electron chi connectivity index (χ1n) is 8.18. The molecule has 2 atom stereocenters. The molecular weight excluding hydrogens is 310 g/mol. The number of hydrogen-bond acceptors (Lipinski definition) is 4. The Balaban J connectivity index is 2.13. The van der Waals surface area contributed by atoms with Crippen LogP contribution < -0.4 is 11.1 Å². The molecule has 0 spiro atoms. The molecule has 7 nitrogen and oxygen atoms in total. The summed E-state index contributed by atoms with van der Waals surface area (Å²) in [7, 11) is 0. The summed E-state index contributed by atoms with van der Waals surface area (Å²) < 4.78 is 0. The predicted octanol–water partition coefficient (Wildman–Crippen LogP) is 2.49. The van der Waals surface area contributed by atoms with Crippen LogP contribution in [0.3, 0.4) is 0 Å². The lowest BCUT2D eigenvalue weighted by atomic mass is 9.85. The third-order valence-electron chi connectivity index (χ3n) is 4.52. The van der Waals surface area contributed by atoms with Crippen molar-refractivity contribution in [2.75, 3.05) is 0 Å². The third-order valence-corrected chi connectivity index (χ3v) is 4.52. The highest BCUT2D eigenvalue weighted by Gasteiger charge is 2.27. The predicted molar refractivity (Wildman–Crippen MR) is 89.6 cm³/mol. The highest BCUT2D eigenvalue weighted by atomic mass is 16.6. The quantitative estimate of drug-likeness (QED) is 0.636. The van der Waals surface area contributed by atoms with Gasteiger partial charge >= 0.3 is 0 Å². The lowest BCUT2D eigenvalue weighted by Crippen LogP contribution is -2.41. The molecule has 1 fully saturated rings. The first kappa shape index (κ1) is 17.9. The monoisotopic (exact) mass is 333 g/mol. The van der Waals surface area contributed by atoms with Crippen molar-refractivity contribution < 1.29 is 14.5 Å². The van der Waals surface area contributed by atoms with Gasteiger partial charge in [0.2, 0.25) is 5.91 Å². The van der Waals surface area contributed by atoms with Crippen molar-refractivity contribution in [1.29, 1.82) is 0 Å². The van der Waals surface area contributed by atoms with Crippen LogP contribution in [0.5, 0.6) is 0 Å². The van der Waals surface area contributed by atoms with Crippen molar-refractivity contribution in [3.8, 4) is 0 Å². The number of nitrogens with one attached hydrogen (secondary N) is 1. The minimum absolute atomic E-state index is 0.00261. The van der Waals surface area contributed by atoms with Gasteiger partial charge in [-0.05, 0) is 31.2 Å². The maximum atomic E-state index is 12.4. The van der Waals surface area contributed by atoms with Crippen LogP contribution in [0, 0.1) is 16.0 Å². The van der Waals surface area contributed by atoms with Crippen molar-refractivity contribution in [1.82, 2.24) is 5.32 Å². The van der Waals surface area contributed by atoms with Gasteiger partial charge in [0.15, 0.2) is 0 Å². The van der Waals surface area contributed by atoms with Crippen LogP contribution in [0.15, 0.2) is 18.2 Å². The highest BCUT2D eigenvalue weighted by Crippen LogP contribution is 2.28. The lowest BCUT2D eigenvalue weighted by Gasteiger charge is -2.27. The first-order valence-corrected chi connectivity index (χ1v) is 8.18. The second-order valence-corrected chi connectivity index (χ2v) is 6.62. The second-order valence-electron chi connectivity index (χ2n) is 6.62.